The second-order valence-electron chi connectivity index (χ2n) is 3.79. The Balaban J connectivity index is 2.56. The van der Waals surface area contributed by atoms with Gasteiger partial charge in [0.15, 0.2) is 0 Å². The first-order valence-electron chi connectivity index (χ1n) is 5.30. The zero-order valence-electron chi connectivity index (χ0n) is 9.45. The van der Waals surface area contributed by atoms with E-state index in [1.807, 2.05) is 7.05 Å². The van der Waals surface area contributed by atoms with E-state index in [4.69, 9.17) is 5.73 Å². The molecule has 0 aliphatic rings. The molecule has 0 saturated carbocycles. The molecule has 1 heterocycles. The lowest BCUT2D eigenvalue weighted by atomic mass is 10.0. The van der Waals surface area contributed by atoms with E-state index in [0.717, 1.165) is 15.7 Å². The molecule has 1 aromatic carbocycles. The van der Waals surface area contributed by atoms with E-state index in [1.54, 1.807) is 23.0 Å². The van der Waals surface area contributed by atoms with Gasteiger partial charge in [-0.3, -0.25) is 4.68 Å². The second-order valence-corrected chi connectivity index (χ2v) is 4.71. The minimum Gasteiger partial charge on any atom is -0.330 e. The number of aromatic nitrogens is 2. The molecule has 2 aromatic rings. The van der Waals surface area contributed by atoms with Crippen molar-refractivity contribution in [2.45, 2.75) is 6.42 Å². The summed E-state index contributed by atoms with van der Waals surface area (Å²) in [4.78, 5) is 0. The molecule has 0 aliphatic heterocycles. The summed E-state index contributed by atoms with van der Waals surface area (Å²) in [5.41, 5.74) is 7.86. The second kappa shape index (κ2) is 4.98. The molecular formula is C12H13BrFN3. The zero-order valence-corrected chi connectivity index (χ0v) is 11.0. The summed E-state index contributed by atoms with van der Waals surface area (Å²) in [6, 6.07) is 4.88. The quantitative estimate of drug-likeness (QED) is 0.946. The minimum atomic E-state index is -0.250. The summed E-state index contributed by atoms with van der Waals surface area (Å²) in [5, 5.41) is 4.16. The number of nitrogens with zero attached hydrogens (tertiary/aromatic N) is 2. The highest BCUT2D eigenvalue weighted by Crippen LogP contribution is 2.28. The van der Waals surface area contributed by atoms with Gasteiger partial charge in [-0.25, -0.2) is 4.39 Å². The number of nitrogens with two attached hydrogens (primary N) is 1. The van der Waals surface area contributed by atoms with Gasteiger partial charge < -0.3 is 5.73 Å². The number of benzene rings is 1. The van der Waals surface area contributed by atoms with Gasteiger partial charge in [0.1, 0.15) is 5.82 Å². The average Bonchev–Trinajstić information content (AvgIpc) is 2.65. The maximum atomic E-state index is 13.8. The molecule has 2 rings (SSSR count). The van der Waals surface area contributed by atoms with Crippen LogP contribution in [0.2, 0.25) is 0 Å². The minimum absolute atomic E-state index is 0.250. The molecule has 1 aromatic heterocycles. The highest BCUT2D eigenvalue weighted by molar-refractivity contribution is 9.10. The van der Waals surface area contributed by atoms with Gasteiger partial charge in [-0.05, 0) is 24.7 Å². The first-order chi connectivity index (χ1) is 8.13. The topological polar surface area (TPSA) is 43.8 Å². The van der Waals surface area contributed by atoms with Crippen LogP contribution in [-0.4, -0.2) is 16.3 Å². The largest absolute Gasteiger partial charge is 0.330 e. The average molecular weight is 298 g/mol. The Morgan fingerprint density at radius 3 is 2.88 bits per heavy atom. The van der Waals surface area contributed by atoms with Crippen molar-refractivity contribution in [3.63, 3.8) is 0 Å². The molecule has 0 amide bonds. The molecule has 17 heavy (non-hydrogen) atoms. The van der Waals surface area contributed by atoms with Crippen LogP contribution in [0, 0.1) is 5.82 Å². The first-order valence-corrected chi connectivity index (χ1v) is 6.09. The van der Waals surface area contributed by atoms with Crippen molar-refractivity contribution in [2.75, 3.05) is 6.54 Å². The van der Waals surface area contributed by atoms with Crippen molar-refractivity contribution in [3.05, 3.63) is 40.4 Å². The van der Waals surface area contributed by atoms with E-state index in [0.29, 0.717) is 18.5 Å². The van der Waals surface area contributed by atoms with Gasteiger partial charge in [0.2, 0.25) is 0 Å². The maximum absolute atomic E-state index is 13.8. The molecule has 90 valence electrons. The summed E-state index contributed by atoms with van der Waals surface area (Å²) >= 11 is 3.35. The van der Waals surface area contributed by atoms with Crippen LogP contribution >= 0.6 is 15.9 Å². The van der Waals surface area contributed by atoms with Gasteiger partial charge in [0, 0.05) is 34.8 Å². The van der Waals surface area contributed by atoms with E-state index in [1.165, 1.54) is 6.07 Å². The lowest BCUT2D eigenvalue weighted by molar-refractivity contribution is 0.630. The lowest BCUT2D eigenvalue weighted by Crippen LogP contribution is -2.08. The van der Waals surface area contributed by atoms with Crippen LogP contribution < -0.4 is 5.73 Å². The lowest BCUT2D eigenvalue weighted by Gasteiger charge is -2.06. The third-order valence-corrected chi connectivity index (χ3v) is 3.15. The number of halogens is 2. The highest BCUT2D eigenvalue weighted by atomic mass is 79.9. The van der Waals surface area contributed by atoms with Crippen LogP contribution in [0.3, 0.4) is 0 Å². The van der Waals surface area contributed by atoms with Gasteiger partial charge >= 0.3 is 0 Å². The first kappa shape index (κ1) is 12.3. The molecule has 0 bridgehead atoms. The van der Waals surface area contributed by atoms with Crippen molar-refractivity contribution in [2.24, 2.45) is 12.8 Å². The van der Waals surface area contributed by atoms with Crippen LogP contribution in [0.25, 0.3) is 11.1 Å². The normalized spacial score (nSPS) is 10.8. The van der Waals surface area contributed by atoms with Crippen LogP contribution in [0.15, 0.2) is 28.9 Å². The van der Waals surface area contributed by atoms with Gasteiger partial charge in [0.25, 0.3) is 0 Å². The predicted molar refractivity (Wildman–Crippen MR) is 69.1 cm³/mol. The summed E-state index contributed by atoms with van der Waals surface area (Å²) in [6.45, 7) is 0.516. The third-order valence-electron chi connectivity index (χ3n) is 2.66. The molecule has 0 unspecified atom stereocenters. The van der Waals surface area contributed by atoms with Crippen molar-refractivity contribution >= 4 is 15.9 Å². The van der Waals surface area contributed by atoms with E-state index in [2.05, 4.69) is 21.0 Å². The molecular weight excluding hydrogens is 285 g/mol. The van der Waals surface area contributed by atoms with Crippen molar-refractivity contribution < 1.29 is 4.39 Å². The highest BCUT2D eigenvalue weighted by Gasteiger charge is 2.13. The molecule has 2 N–H and O–H groups in total. The van der Waals surface area contributed by atoms with Crippen molar-refractivity contribution in [1.82, 2.24) is 9.78 Å². The van der Waals surface area contributed by atoms with Gasteiger partial charge in [0.05, 0.1) is 6.20 Å². The number of aryl methyl sites for hydroxylation is 1. The molecule has 0 aliphatic carbocycles. The standard InChI is InChI=1S/C12H13BrFN3/c1-17-12(4-5-15)10(7-16-17)9-6-8(13)2-3-11(9)14/h2-3,6-7H,4-5,15H2,1H3. The number of hydrogen-bond acceptors (Lipinski definition) is 2. The number of hydrogen-bond donors (Lipinski definition) is 1. The van der Waals surface area contributed by atoms with Crippen LogP contribution in [0.1, 0.15) is 5.69 Å². The molecule has 3 nitrogen and oxygen atoms in total. The zero-order chi connectivity index (χ0) is 12.4. The van der Waals surface area contributed by atoms with Gasteiger partial charge in [-0.2, -0.15) is 5.10 Å². The Morgan fingerprint density at radius 1 is 1.41 bits per heavy atom. The molecule has 0 saturated heterocycles. The van der Waals surface area contributed by atoms with Crippen LogP contribution in [0.4, 0.5) is 4.39 Å². The fourth-order valence-corrected chi connectivity index (χ4v) is 2.19. The Morgan fingerprint density at radius 2 is 2.18 bits per heavy atom. The summed E-state index contributed by atoms with van der Waals surface area (Å²) in [7, 11) is 1.84. The molecule has 0 fully saturated rings. The summed E-state index contributed by atoms with van der Waals surface area (Å²) in [5.74, 6) is -0.250. The third kappa shape index (κ3) is 2.40. The van der Waals surface area contributed by atoms with Gasteiger partial charge in [-0.1, -0.05) is 15.9 Å². The predicted octanol–water partition coefficient (Wildman–Crippen LogP) is 2.49. The van der Waals surface area contributed by atoms with E-state index in [-0.39, 0.29) is 5.82 Å². The molecule has 0 radical (unpaired) electrons. The fourth-order valence-electron chi connectivity index (χ4n) is 1.82. The van der Waals surface area contributed by atoms with Gasteiger partial charge in [-0.15, -0.1) is 0 Å². The van der Waals surface area contributed by atoms with E-state index >= 15 is 0 Å². The van der Waals surface area contributed by atoms with Crippen molar-refractivity contribution in [1.29, 1.82) is 0 Å². The Labute approximate surface area is 108 Å². The summed E-state index contributed by atoms with van der Waals surface area (Å²) < 4.78 is 16.4. The SMILES string of the molecule is Cn1ncc(-c2cc(Br)ccc2F)c1CCN. The van der Waals surface area contributed by atoms with Crippen molar-refractivity contribution in [3.8, 4) is 11.1 Å². The molecule has 0 atom stereocenters. The summed E-state index contributed by atoms with van der Waals surface area (Å²) in [6.07, 6.45) is 2.35. The maximum Gasteiger partial charge on any atom is 0.131 e. The van der Waals surface area contributed by atoms with Crippen LogP contribution in [-0.2, 0) is 13.5 Å². The molecule has 5 heteroatoms. The smallest absolute Gasteiger partial charge is 0.131 e. The Bertz CT molecular complexity index is 537. The Hall–Kier alpha value is -1.20. The van der Waals surface area contributed by atoms with E-state index < -0.39 is 0 Å². The fraction of sp³-hybridized carbons (Fsp3) is 0.250. The number of rotatable bonds is 3. The molecule has 0 spiro atoms. The monoisotopic (exact) mass is 297 g/mol. The Kier molecular flexibility index (Phi) is 3.59. The van der Waals surface area contributed by atoms with Crippen LogP contribution in [0.5, 0.6) is 0 Å². The van der Waals surface area contributed by atoms with E-state index in [9.17, 15) is 4.39 Å².